The van der Waals surface area contributed by atoms with E-state index in [9.17, 15) is 4.79 Å². The van der Waals surface area contributed by atoms with Crippen LogP contribution >= 0.6 is 33.9 Å². The molecule has 1 aromatic heterocycles. The van der Waals surface area contributed by atoms with E-state index in [-0.39, 0.29) is 0 Å². The fraction of sp³-hybridized carbons (Fsp3) is 0.286. The molecular weight excluding hydrogens is 387 g/mol. The average Bonchev–Trinajstić information content (AvgIpc) is 2.83. The maximum atomic E-state index is 12.5. The summed E-state index contributed by atoms with van der Waals surface area (Å²) in [7, 11) is 0. The van der Waals surface area contributed by atoms with Gasteiger partial charge in [-0.1, -0.05) is 12.1 Å². The number of nitrogens with zero attached hydrogens (tertiary/aromatic N) is 2. The molecular formula is C14H15IN2O2S. The maximum absolute atomic E-state index is 12.5. The summed E-state index contributed by atoms with van der Waals surface area (Å²) < 4.78 is 6.45. The number of aromatic nitrogens is 1. The Morgan fingerprint density at radius 3 is 2.60 bits per heavy atom. The maximum Gasteiger partial charge on any atom is 0.421 e. The minimum absolute atomic E-state index is 0.420. The molecule has 1 heterocycles. The van der Waals surface area contributed by atoms with Crippen LogP contribution in [-0.2, 0) is 4.74 Å². The number of ether oxygens (including phenoxy) is 1. The lowest BCUT2D eigenvalue weighted by Gasteiger charge is -2.26. The van der Waals surface area contributed by atoms with Gasteiger partial charge in [0.2, 0.25) is 0 Å². The number of carbonyl (C=O) groups is 1. The molecule has 2 rings (SSSR count). The third kappa shape index (κ3) is 3.69. The number of benzene rings is 1. The molecule has 0 atom stereocenters. The molecule has 0 spiro atoms. The predicted octanol–water partition coefficient (Wildman–Crippen LogP) is 4.82. The van der Waals surface area contributed by atoms with Crippen molar-refractivity contribution < 1.29 is 9.53 Å². The van der Waals surface area contributed by atoms with E-state index in [1.165, 1.54) is 16.2 Å². The summed E-state index contributed by atoms with van der Waals surface area (Å²) >= 11 is 3.60. The van der Waals surface area contributed by atoms with Crippen LogP contribution in [0, 0.1) is 3.57 Å². The second-order valence-electron chi connectivity index (χ2n) is 5.08. The van der Waals surface area contributed by atoms with Gasteiger partial charge in [-0.05, 0) is 55.5 Å². The van der Waals surface area contributed by atoms with Crippen molar-refractivity contribution in [1.82, 2.24) is 4.98 Å². The van der Waals surface area contributed by atoms with Crippen molar-refractivity contribution in [2.45, 2.75) is 26.4 Å². The van der Waals surface area contributed by atoms with Crippen molar-refractivity contribution in [3.05, 3.63) is 39.4 Å². The van der Waals surface area contributed by atoms with Crippen molar-refractivity contribution in [3.8, 4) is 0 Å². The Bertz CT molecular complexity index is 593. The van der Waals surface area contributed by atoms with Gasteiger partial charge in [-0.2, -0.15) is 0 Å². The molecule has 0 N–H and O–H groups in total. The van der Waals surface area contributed by atoms with E-state index in [2.05, 4.69) is 27.6 Å². The molecule has 4 nitrogen and oxygen atoms in total. The van der Waals surface area contributed by atoms with Crippen molar-refractivity contribution in [2.24, 2.45) is 0 Å². The van der Waals surface area contributed by atoms with Gasteiger partial charge in [0.25, 0.3) is 0 Å². The minimum atomic E-state index is -0.549. The third-order valence-corrected chi connectivity index (χ3v) is 3.95. The van der Waals surface area contributed by atoms with Crippen LogP contribution in [0.4, 0.5) is 15.6 Å². The number of thiazole rings is 1. The molecule has 106 valence electrons. The van der Waals surface area contributed by atoms with Crippen LogP contribution in [0.1, 0.15) is 20.8 Å². The highest BCUT2D eigenvalue weighted by Gasteiger charge is 2.27. The van der Waals surface area contributed by atoms with Crippen molar-refractivity contribution >= 4 is 50.8 Å². The Labute approximate surface area is 135 Å². The number of amides is 1. The molecule has 20 heavy (non-hydrogen) atoms. The number of anilines is 2. The SMILES string of the molecule is CC(C)(C)OC(=O)N(c1nccs1)c1ccccc1I. The lowest BCUT2D eigenvalue weighted by Crippen LogP contribution is -2.34. The zero-order valence-corrected chi connectivity index (χ0v) is 14.4. The van der Waals surface area contributed by atoms with Gasteiger partial charge in [-0.15, -0.1) is 11.3 Å². The number of carbonyl (C=O) groups excluding carboxylic acids is 1. The van der Waals surface area contributed by atoms with Gasteiger partial charge in [0.05, 0.1) is 5.69 Å². The highest BCUT2D eigenvalue weighted by atomic mass is 127. The van der Waals surface area contributed by atoms with E-state index in [0.29, 0.717) is 5.13 Å². The Morgan fingerprint density at radius 1 is 1.35 bits per heavy atom. The molecule has 0 bridgehead atoms. The zero-order chi connectivity index (χ0) is 14.8. The first kappa shape index (κ1) is 15.2. The Morgan fingerprint density at radius 2 is 2.05 bits per heavy atom. The van der Waals surface area contributed by atoms with Gasteiger partial charge < -0.3 is 4.74 Å². The molecule has 0 saturated carbocycles. The van der Waals surface area contributed by atoms with E-state index >= 15 is 0 Å². The number of halogens is 1. The number of rotatable bonds is 2. The average molecular weight is 402 g/mol. The molecule has 2 aromatic rings. The van der Waals surface area contributed by atoms with Gasteiger partial charge in [-0.25, -0.2) is 14.7 Å². The molecule has 0 aliphatic carbocycles. The molecule has 6 heteroatoms. The van der Waals surface area contributed by atoms with Gasteiger partial charge in [0.15, 0.2) is 5.13 Å². The molecule has 0 aliphatic rings. The number of para-hydroxylation sites is 1. The predicted molar refractivity (Wildman–Crippen MR) is 89.6 cm³/mol. The lowest BCUT2D eigenvalue weighted by molar-refractivity contribution is 0.0599. The van der Waals surface area contributed by atoms with Crippen molar-refractivity contribution in [3.63, 3.8) is 0 Å². The third-order valence-electron chi connectivity index (χ3n) is 2.28. The van der Waals surface area contributed by atoms with E-state index in [0.717, 1.165) is 9.26 Å². The first-order valence-electron chi connectivity index (χ1n) is 6.05. The molecule has 0 unspecified atom stereocenters. The van der Waals surface area contributed by atoms with Crippen LogP contribution in [0.25, 0.3) is 0 Å². The number of hydrogen-bond acceptors (Lipinski definition) is 4. The van der Waals surface area contributed by atoms with Gasteiger partial charge >= 0.3 is 6.09 Å². The van der Waals surface area contributed by atoms with Crippen LogP contribution in [0.3, 0.4) is 0 Å². The number of hydrogen-bond donors (Lipinski definition) is 0. The molecule has 0 saturated heterocycles. The van der Waals surface area contributed by atoms with Crippen LogP contribution in [-0.4, -0.2) is 16.7 Å². The van der Waals surface area contributed by atoms with Crippen LogP contribution in [0.5, 0.6) is 0 Å². The summed E-state index contributed by atoms with van der Waals surface area (Å²) in [6, 6.07) is 7.65. The van der Waals surface area contributed by atoms with Gasteiger partial charge in [-0.3, -0.25) is 0 Å². The quantitative estimate of drug-likeness (QED) is 0.677. The van der Waals surface area contributed by atoms with E-state index < -0.39 is 11.7 Å². The smallest absolute Gasteiger partial charge is 0.421 e. The van der Waals surface area contributed by atoms with Crippen LogP contribution in [0.15, 0.2) is 35.8 Å². The van der Waals surface area contributed by atoms with Crippen molar-refractivity contribution in [1.29, 1.82) is 0 Å². The first-order valence-corrected chi connectivity index (χ1v) is 8.01. The topological polar surface area (TPSA) is 42.4 Å². The van der Waals surface area contributed by atoms with Crippen LogP contribution in [0.2, 0.25) is 0 Å². The van der Waals surface area contributed by atoms with Crippen molar-refractivity contribution in [2.75, 3.05) is 4.90 Å². The summed E-state index contributed by atoms with van der Waals surface area (Å²) in [6.07, 6.45) is 1.25. The largest absolute Gasteiger partial charge is 0.443 e. The fourth-order valence-electron chi connectivity index (χ4n) is 1.55. The van der Waals surface area contributed by atoms with E-state index in [1.54, 1.807) is 6.20 Å². The normalized spacial score (nSPS) is 11.2. The summed E-state index contributed by atoms with van der Waals surface area (Å²) in [5.41, 5.74) is 0.226. The molecule has 0 radical (unpaired) electrons. The first-order chi connectivity index (χ1) is 9.38. The highest BCUT2D eigenvalue weighted by molar-refractivity contribution is 14.1. The molecule has 0 aliphatic heterocycles. The van der Waals surface area contributed by atoms with Gasteiger partial charge in [0, 0.05) is 15.1 Å². The summed E-state index contributed by atoms with van der Waals surface area (Å²) in [4.78, 5) is 18.2. The minimum Gasteiger partial charge on any atom is -0.443 e. The Kier molecular flexibility index (Phi) is 4.64. The van der Waals surface area contributed by atoms with E-state index in [4.69, 9.17) is 4.74 Å². The molecule has 0 fully saturated rings. The Balaban J connectivity index is 2.42. The summed E-state index contributed by atoms with van der Waals surface area (Å²) in [5.74, 6) is 0. The standard InChI is InChI=1S/C14H15IN2O2S/c1-14(2,3)19-13(18)17(12-16-8-9-20-12)11-7-5-4-6-10(11)15/h4-9H,1-3H3. The zero-order valence-electron chi connectivity index (χ0n) is 11.5. The molecule has 1 amide bonds. The monoisotopic (exact) mass is 402 g/mol. The second kappa shape index (κ2) is 6.09. The Hall–Kier alpha value is -1.15. The lowest BCUT2D eigenvalue weighted by atomic mass is 10.2. The van der Waals surface area contributed by atoms with E-state index in [1.807, 2.05) is 50.4 Å². The van der Waals surface area contributed by atoms with Gasteiger partial charge in [0.1, 0.15) is 5.60 Å². The molecule has 1 aromatic carbocycles. The summed E-state index contributed by atoms with van der Waals surface area (Å²) in [6.45, 7) is 5.54. The highest BCUT2D eigenvalue weighted by Crippen LogP contribution is 2.32. The fourth-order valence-corrected chi connectivity index (χ4v) is 2.82. The summed E-state index contributed by atoms with van der Waals surface area (Å²) in [5, 5.41) is 2.44. The van der Waals surface area contributed by atoms with Crippen LogP contribution < -0.4 is 4.90 Å². The second-order valence-corrected chi connectivity index (χ2v) is 7.12.